The Hall–Kier alpha value is -2.88. The maximum Gasteiger partial charge on any atom is 0.148 e. The standard InChI is InChI=1S/C22H21N3O/c26-22-18-10-5-13-25-12-4-8-16(21(18)25)14-20(22)24-23-19-11-3-7-15-6-1-2-9-17(15)19/h1-3,6-7,9,11,14,26H,4-5,8,10,12-13H2. The van der Waals surface area contributed by atoms with Crippen molar-refractivity contribution in [1.29, 1.82) is 0 Å². The van der Waals surface area contributed by atoms with Gasteiger partial charge in [0.1, 0.15) is 11.4 Å². The molecule has 0 amide bonds. The van der Waals surface area contributed by atoms with Crippen LogP contribution in [0.2, 0.25) is 0 Å². The predicted octanol–water partition coefficient (Wildman–Crippen LogP) is 5.66. The molecule has 0 saturated carbocycles. The number of anilines is 1. The molecule has 1 N–H and O–H groups in total. The van der Waals surface area contributed by atoms with Crippen LogP contribution in [-0.4, -0.2) is 18.2 Å². The molecule has 4 heteroatoms. The van der Waals surface area contributed by atoms with Crippen LogP contribution in [0.4, 0.5) is 17.1 Å². The van der Waals surface area contributed by atoms with Crippen molar-refractivity contribution in [2.24, 2.45) is 10.2 Å². The first-order chi connectivity index (χ1) is 12.8. The lowest BCUT2D eigenvalue weighted by Crippen LogP contribution is -2.34. The van der Waals surface area contributed by atoms with Gasteiger partial charge in [0.25, 0.3) is 0 Å². The second-order valence-electron chi connectivity index (χ2n) is 7.12. The average molecular weight is 343 g/mol. The van der Waals surface area contributed by atoms with Crippen molar-refractivity contribution in [3.05, 3.63) is 59.7 Å². The first-order valence-corrected chi connectivity index (χ1v) is 9.33. The van der Waals surface area contributed by atoms with Crippen molar-refractivity contribution in [3.8, 4) is 5.75 Å². The van der Waals surface area contributed by atoms with Crippen LogP contribution >= 0.6 is 0 Å². The lowest BCUT2D eigenvalue weighted by atomic mass is 9.90. The van der Waals surface area contributed by atoms with E-state index in [0.29, 0.717) is 11.4 Å². The van der Waals surface area contributed by atoms with Gasteiger partial charge in [-0.05, 0) is 48.8 Å². The first kappa shape index (κ1) is 15.4. The van der Waals surface area contributed by atoms with Gasteiger partial charge in [-0.25, -0.2) is 0 Å². The molecule has 0 aromatic heterocycles. The first-order valence-electron chi connectivity index (χ1n) is 9.33. The minimum Gasteiger partial charge on any atom is -0.505 e. The molecule has 3 aromatic carbocycles. The minimum atomic E-state index is 0.305. The summed E-state index contributed by atoms with van der Waals surface area (Å²) < 4.78 is 0. The molecule has 0 atom stereocenters. The highest BCUT2D eigenvalue weighted by Gasteiger charge is 2.27. The number of benzene rings is 3. The van der Waals surface area contributed by atoms with Crippen molar-refractivity contribution in [2.75, 3.05) is 18.0 Å². The van der Waals surface area contributed by atoms with Crippen molar-refractivity contribution >= 4 is 27.8 Å². The van der Waals surface area contributed by atoms with Gasteiger partial charge >= 0.3 is 0 Å². The molecular formula is C22H21N3O. The van der Waals surface area contributed by atoms with E-state index in [1.807, 2.05) is 30.3 Å². The van der Waals surface area contributed by atoms with Crippen LogP contribution in [0.1, 0.15) is 24.0 Å². The second-order valence-corrected chi connectivity index (χ2v) is 7.12. The summed E-state index contributed by atoms with van der Waals surface area (Å²) in [5.74, 6) is 0.305. The maximum absolute atomic E-state index is 10.8. The lowest BCUT2D eigenvalue weighted by Gasteiger charge is -2.37. The Balaban J connectivity index is 1.60. The maximum atomic E-state index is 10.8. The fraction of sp³-hybridized carbons (Fsp3) is 0.273. The molecule has 26 heavy (non-hydrogen) atoms. The monoisotopic (exact) mass is 343 g/mol. The summed E-state index contributed by atoms with van der Waals surface area (Å²) in [7, 11) is 0. The molecule has 0 saturated heterocycles. The number of azo groups is 1. The summed E-state index contributed by atoms with van der Waals surface area (Å²) in [6, 6.07) is 16.2. The van der Waals surface area contributed by atoms with E-state index in [1.54, 1.807) is 0 Å². The van der Waals surface area contributed by atoms with Gasteiger partial charge in [-0.1, -0.05) is 36.4 Å². The molecule has 0 radical (unpaired) electrons. The third-order valence-corrected chi connectivity index (χ3v) is 5.51. The highest BCUT2D eigenvalue weighted by Crippen LogP contribution is 2.45. The molecule has 2 aliphatic heterocycles. The molecule has 130 valence electrons. The van der Waals surface area contributed by atoms with Crippen molar-refractivity contribution in [2.45, 2.75) is 25.7 Å². The van der Waals surface area contributed by atoms with Gasteiger partial charge in [-0.3, -0.25) is 0 Å². The molecule has 3 aromatic rings. The molecule has 0 fully saturated rings. The van der Waals surface area contributed by atoms with Gasteiger partial charge in [-0.15, -0.1) is 10.2 Å². The van der Waals surface area contributed by atoms with Gasteiger partial charge in [0, 0.05) is 29.7 Å². The third kappa shape index (κ3) is 2.45. The zero-order valence-electron chi connectivity index (χ0n) is 14.7. The van der Waals surface area contributed by atoms with Crippen LogP contribution in [0.3, 0.4) is 0 Å². The van der Waals surface area contributed by atoms with Crippen LogP contribution < -0.4 is 4.90 Å². The van der Waals surface area contributed by atoms with Crippen LogP contribution in [0.25, 0.3) is 10.8 Å². The Kier molecular flexibility index (Phi) is 3.63. The van der Waals surface area contributed by atoms with Gasteiger partial charge in [0.2, 0.25) is 0 Å². The Labute approximate surface area is 152 Å². The van der Waals surface area contributed by atoms with Crippen LogP contribution in [0, 0.1) is 0 Å². The van der Waals surface area contributed by atoms with E-state index in [-0.39, 0.29) is 0 Å². The number of rotatable bonds is 2. The Morgan fingerprint density at radius 3 is 2.54 bits per heavy atom. The van der Waals surface area contributed by atoms with Gasteiger partial charge in [0.15, 0.2) is 0 Å². The third-order valence-electron chi connectivity index (χ3n) is 5.51. The molecule has 4 nitrogen and oxygen atoms in total. The topological polar surface area (TPSA) is 48.2 Å². The van der Waals surface area contributed by atoms with Crippen molar-refractivity contribution in [1.82, 2.24) is 0 Å². The van der Waals surface area contributed by atoms with Crippen LogP contribution in [-0.2, 0) is 12.8 Å². The minimum absolute atomic E-state index is 0.305. The van der Waals surface area contributed by atoms with E-state index in [9.17, 15) is 5.11 Å². The Morgan fingerprint density at radius 2 is 1.62 bits per heavy atom. The number of hydrogen-bond donors (Lipinski definition) is 1. The molecule has 0 aliphatic carbocycles. The van der Waals surface area contributed by atoms with Crippen LogP contribution in [0.15, 0.2) is 58.8 Å². The number of phenolic OH excluding ortho intramolecular Hbond substituents is 1. The molecular weight excluding hydrogens is 322 g/mol. The molecule has 0 spiro atoms. The highest BCUT2D eigenvalue weighted by molar-refractivity contribution is 5.92. The summed E-state index contributed by atoms with van der Waals surface area (Å²) in [6.45, 7) is 2.19. The number of fused-ring (bicyclic) bond motifs is 1. The zero-order chi connectivity index (χ0) is 17.5. The molecule has 5 rings (SSSR count). The van der Waals surface area contributed by atoms with E-state index in [1.165, 1.54) is 11.3 Å². The lowest BCUT2D eigenvalue weighted by molar-refractivity contribution is 0.463. The Morgan fingerprint density at radius 1 is 0.846 bits per heavy atom. The zero-order valence-corrected chi connectivity index (χ0v) is 14.7. The number of hydrogen-bond acceptors (Lipinski definition) is 4. The fourth-order valence-corrected chi connectivity index (χ4v) is 4.31. The van der Waals surface area contributed by atoms with Gasteiger partial charge in [-0.2, -0.15) is 0 Å². The Bertz CT molecular complexity index is 1020. The van der Waals surface area contributed by atoms with Crippen LogP contribution in [0.5, 0.6) is 5.75 Å². The van der Waals surface area contributed by atoms with E-state index in [2.05, 4.69) is 33.3 Å². The number of aromatic hydroxyl groups is 1. The van der Waals surface area contributed by atoms with E-state index in [0.717, 1.165) is 60.8 Å². The normalized spacial score (nSPS) is 16.2. The molecule has 2 heterocycles. The highest BCUT2D eigenvalue weighted by atomic mass is 16.3. The summed E-state index contributed by atoms with van der Waals surface area (Å²) in [5.41, 5.74) is 5.03. The van der Waals surface area contributed by atoms with E-state index >= 15 is 0 Å². The summed E-state index contributed by atoms with van der Waals surface area (Å²) in [6.07, 6.45) is 4.22. The second kappa shape index (κ2) is 6.13. The van der Waals surface area contributed by atoms with Gasteiger partial charge in [0.05, 0.1) is 5.69 Å². The average Bonchev–Trinajstić information content (AvgIpc) is 2.69. The molecule has 2 aliphatic rings. The smallest absolute Gasteiger partial charge is 0.148 e. The van der Waals surface area contributed by atoms with E-state index in [4.69, 9.17) is 0 Å². The van der Waals surface area contributed by atoms with Crippen molar-refractivity contribution < 1.29 is 5.11 Å². The number of aryl methyl sites for hydroxylation is 1. The quantitative estimate of drug-likeness (QED) is 0.610. The molecule has 0 unspecified atom stereocenters. The van der Waals surface area contributed by atoms with E-state index < -0.39 is 0 Å². The van der Waals surface area contributed by atoms with Gasteiger partial charge < -0.3 is 10.0 Å². The number of nitrogens with zero attached hydrogens (tertiary/aromatic N) is 3. The number of phenols is 1. The summed E-state index contributed by atoms with van der Waals surface area (Å²) in [5, 5.41) is 21.9. The SMILES string of the molecule is Oc1c(N=Nc2cccc3ccccc23)cc2c3c1CCCN3CCC2. The fourth-order valence-electron chi connectivity index (χ4n) is 4.31. The summed E-state index contributed by atoms with van der Waals surface area (Å²) in [4.78, 5) is 2.42. The largest absolute Gasteiger partial charge is 0.505 e. The predicted molar refractivity (Wildman–Crippen MR) is 105 cm³/mol. The molecule has 0 bridgehead atoms. The summed E-state index contributed by atoms with van der Waals surface area (Å²) >= 11 is 0. The van der Waals surface area contributed by atoms with Crippen molar-refractivity contribution in [3.63, 3.8) is 0 Å².